The van der Waals surface area contributed by atoms with E-state index in [0.29, 0.717) is 23.2 Å². The number of nitrogens with zero attached hydrogens (tertiary/aromatic N) is 2. The van der Waals surface area contributed by atoms with Crippen molar-refractivity contribution in [3.05, 3.63) is 23.8 Å². The van der Waals surface area contributed by atoms with Crippen molar-refractivity contribution in [2.24, 2.45) is 0 Å². The van der Waals surface area contributed by atoms with Gasteiger partial charge in [-0.1, -0.05) is 0 Å². The van der Waals surface area contributed by atoms with Crippen molar-refractivity contribution < 1.29 is 8.42 Å². The van der Waals surface area contributed by atoms with Crippen molar-refractivity contribution in [1.29, 1.82) is 0 Å². The van der Waals surface area contributed by atoms with Crippen LogP contribution in [0.3, 0.4) is 0 Å². The van der Waals surface area contributed by atoms with Crippen LogP contribution < -0.4 is 5.73 Å². The summed E-state index contributed by atoms with van der Waals surface area (Å²) in [7, 11) is -3.44. The lowest BCUT2D eigenvalue weighted by atomic mass is 10.1. The van der Waals surface area contributed by atoms with Gasteiger partial charge < -0.3 is 5.73 Å². The summed E-state index contributed by atoms with van der Waals surface area (Å²) in [5, 5.41) is 0. The molecule has 2 atom stereocenters. The normalized spacial score (nSPS) is 27.7. The molecule has 2 aliphatic heterocycles. The Labute approximate surface area is 126 Å². The van der Waals surface area contributed by atoms with E-state index in [1.807, 2.05) is 13.8 Å². The van der Waals surface area contributed by atoms with Gasteiger partial charge in [0.2, 0.25) is 10.0 Å². The topological polar surface area (TPSA) is 66.6 Å². The Morgan fingerprint density at radius 1 is 1.29 bits per heavy atom. The standard InChI is InChI=1S/C15H23N3O2S/c1-11-8-14(5-6-15(11)16)21(19,20)18-10-13-4-3-7-17(13)9-12(18)2/h5-6,8,12-13H,3-4,7,9-10,16H2,1-2H3. The number of nitrogen functional groups attached to an aromatic ring is 1. The zero-order valence-electron chi connectivity index (χ0n) is 12.6. The second-order valence-electron chi connectivity index (χ2n) is 6.23. The molecule has 0 spiro atoms. The molecule has 2 unspecified atom stereocenters. The van der Waals surface area contributed by atoms with Gasteiger partial charge in [-0.05, 0) is 57.0 Å². The average molecular weight is 309 g/mol. The van der Waals surface area contributed by atoms with Crippen molar-refractivity contribution in [2.45, 2.75) is 43.7 Å². The van der Waals surface area contributed by atoms with Crippen LogP contribution in [0, 0.1) is 6.92 Å². The third-order valence-corrected chi connectivity index (χ3v) is 6.70. The van der Waals surface area contributed by atoms with Gasteiger partial charge in [-0.15, -0.1) is 0 Å². The van der Waals surface area contributed by atoms with Crippen LogP contribution in [0.5, 0.6) is 0 Å². The Morgan fingerprint density at radius 3 is 2.76 bits per heavy atom. The molecule has 0 aromatic heterocycles. The van der Waals surface area contributed by atoms with E-state index in [9.17, 15) is 8.42 Å². The molecule has 1 aromatic carbocycles. The van der Waals surface area contributed by atoms with Gasteiger partial charge >= 0.3 is 0 Å². The number of aryl methyl sites for hydroxylation is 1. The van der Waals surface area contributed by atoms with Crippen molar-refractivity contribution in [1.82, 2.24) is 9.21 Å². The minimum atomic E-state index is -3.44. The first-order valence-electron chi connectivity index (χ1n) is 7.51. The van der Waals surface area contributed by atoms with Crippen molar-refractivity contribution in [3.8, 4) is 0 Å². The Morgan fingerprint density at radius 2 is 2.05 bits per heavy atom. The predicted molar refractivity (Wildman–Crippen MR) is 83.5 cm³/mol. The Balaban J connectivity index is 1.91. The summed E-state index contributed by atoms with van der Waals surface area (Å²) in [5.41, 5.74) is 7.23. The Kier molecular flexibility index (Phi) is 3.71. The molecule has 1 aromatic rings. The number of hydrogen-bond acceptors (Lipinski definition) is 4. The summed E-state index contributed by atoms with van der Waals surface area (Å²) < 4.78 is 27.5. The van der Waals surface area contributed by atoms with Crippen LogP contribution in [0.4, 0.5) is 5.69 Å². The highest BCUT2D eigenvalue weighted by Gasteiger charge is 2.40. The quantitative estimate of drug-likeness (QED) is 0.839. The lowest BCUT2D eigenvalue weighted by molar-refractivity contribution is 0.117. The van der Waals surface area contributed by atoms with Crippen molar-refractivity contribution in [3.63, 3.8) is 0 Å². The van der Waals surface area contributed by atoms with Crippen LogP contribution >= 0.6 is 0 Å². The van der Waals surface area contributed by atoms with E-state index >= 15 is 0 Å². The zero-order chi connectivity index (χ0) is 15.2. The maximum absolute atomic E-state index is 12.9. The lowest BCUT2D eigenvalue weighted by Gasteiger charge is -2.41. The first-order valence-corrected chi connectivity index (χ1v) is 8.95. The minimum absolute atomic E-state index is 0.0159. The number of fused-ring (bicyclic) bond motifs is 1. The Hall–Kier alpha value is -1.11. The van der Waals surface area contributed by atoms with Crippen molar-refractivity contribution >= 4 is 15.7 Å². The van der Waals surface area contributed by atoms with Gasteiger partial charge in [0.25, 0.3) is 0 Å². The molecule has 21 heavy (non-hydrogen) atoms. The maximum Gasteiger partial charge on any atom is 0.243 e. The number of hydrogen-bond donors (Lipinski definition) is 1. The summed E-state index contributed by atoms with van der Waals surface area (Å²) in [6.45, 7) is 6.37. The van der Waals surface area contributed by atoms with E-state index in [2.05, 4.69) is 4.90 Å². The number of sulfonamides is 1. The molecule has 6 heteroatoms. The van der Waals surface area contributed by atoms with Crippen LogP contribution in [0.2, 0.25) is 0 Å². The SMILES string of the molecule is Cc1cc(S(=O)(=O)N2CC3CCCN3CC2C)ccc1N. The fourth-order valence-corrected chi connectivity index (χ4v) is 5.18. The monoisotopic (exact) mass is 309 g/mol. The maximum atomic E-state index is 12.9. The van der Waals surface area contributed by atoms with E-state index in [4.69, 9.17) is 5.73 Å². The first kappa shape index (κ1) is 14.8. The molecule has 0 amide bonds. The molecule has 116 valence electrons. The summed E-state index contributed by atoms with van der Waals surface area (Å²) >= 11 is 0. The molecule has 5 nitrogen and oxygen atoms in total. The number of benzene rings is 1. The Bertz CT molecular complexity index is 644. The molecule has 2 saturated heterocycles. The van der Waals surface area contributed by atoms with Gasteiger partial charge in [-0.3, -0.25) is 4.90 Å². The summed E-state index contributed by atoms with van der Waals surface area (Å²) in [6.07, 6.45) is 2.27. The summed E-state index contributed by atoms with van der Waals surface area (Å²) in [4.78, 5) is 2.78. The van der Waals surface area contributed by atoms with Crippen molar-refractivity contribution in [2.75, 3.05) is 25.4 Å². The van der Waals surface area contributed by atoms with E-state index in [1.54, 1.807) is 22.5 Å². The number of anilines is 1. The van der Waals surface area contributed by atoms with E-state index in [-0.39, 0.29) is 6.04 Å². The van der Waals surface area contributed by atoms with Gasteiger partial charge in [0.05, 0.1) is 4.90 Å². The number of piperazine rings is 1. The second kappa shape index (κ2) is 5.26. The number of rotatable bonds is 2. The third-order valence-electron chi connectivity index (χ3n) is 4.73. The van der Waals surface area contributed by atoms with Crippen LogP contribution in [-0.4, -0.2) is 49.3 Å². The molecule has 0 bridgehead atoms. The molecule has 0 radical (unpaired) electrons. The fourth-order valence-electron chi connectivity index (χ4n) is 3.44. The van der Waals surface area contributed by atoms with Crippen LogP contribution in [0.15, 0.2) is 23.1 Å². The summed E-state index contributed by atoms with van der Waals surface area (Å²) in [5.74, 6) is 0. The molecule has 3 rings (SSSR count). The molecular formula is C15H23N3O2S. The highest BCUT2D eigenvalue weighted by Crippen LogP contribution is 2.29. The number of nitrogens with two attached hydrogens (primary N) is 1. The smallest absolute Gasteiger partial charge is 0.243 e. The first-order chi connectivity index (χ1) is 9.89. The predicted octanol–water partition coefficient (Wildman–Crippen LogP) is 1.43. The fraction of sp³-hybridized carbons (Fsp3) is 0.600. The lowest BCUT2D eigenvalue weighted by Crippen LogP contribution is -2.56. The largest absolute Gasteiger partial charge is 0.399 e. The highest BCUT2D eigenvalue weighted by molar-refractivity contribution is 7.89. The van der Waals surface area contributed by atoms with Gasteiger partial charge in [0.15, 0.2) is 0 Å². The van der Waals surface area contributed by atoms with Crippen LogP contribution in [-0.2, 0) is 10.0 Å². The molecule has 2 aliphatic rings. The second-order valence-corrected chi connectivity index (χ2v) is 8.12. The van der Waals surface area contributed by atoms with Gasteiger partial charge in [-0.2, -0.15) is 4.31 Å². The van der Waals surface area contributed by atoms with Crippen LogP contribution in [0.25, 0.3) is 0 Å². The molecule has 2 heterocycles. The van der Waals surface area contributed by atoms with Gasteiger partial charge in [-0.25, -0.2) is 8.42 Å². The highest BCUT2D eigenvalue weighted by atomic mass is 32.2. The van der Waals surface area contributed by atoms with E-state index in [0.717, 1.165) is 25.1 Å². The van der Waals surface area contributed by atoms with Crippen LogP contribution in [0.1, 0.15) is 25.3 Å². The van der Waals surface area contributed by atoms with E-state index < -0.39 is 10.0 Å². The van der Waals surface area contributed by atoms with E-state index in [1.165, 1.54) is 6.42 Å². The molecule has 2 N–H and O–H groups in total. The third kappa shape index (κ3) is 2.56. The minimum Gasteiger partial charge on any atom is -0.399 e. The molecule has 2 fully saturated rings. The van der Waals surface area contributed by atoms with Gasteiger partial charge in [0.1, 0.15) is 0 Å². The molecule has 0 saturated carbocycles. The summed E-state index contributed by atoms with van der Waals surface area (Å²) in [6, 6.07) is 5.37. The zero-order valence-corrected chi connectivity index (χ0v) is 13.4. The van der Waals surface area contributed by atoms with Gasteiger partial charge in [0, 0.05) is 30.9 Å². The molecular weight excluding hydrogens is 286 g/mol. The average Bonchev–Trinajstić information content (AvgIpc) is 2.87. The molecule has 0 aliphatic carbocycles.